The van der Waals surface area contributed by atoms with E-state index in [4.69, 9.17) is 5.48 Å². The third-order valence-electron chi connectivity index (χ3n) is 9.66. The van der Waals surface area contributed by atoms with E-state index in [1.165, 1.54) is 0 Å². The van der Waals surface area contributed by atoms with Gasteiger partial charge in [-0.25, -0.2) is 0 Å². The Balaban J connectivity index is 1.34. The van der Waals surface area contributed by atoms with E-state index >= 15 is 0 Å². The van der Waals surface area contributed by atoms with Gasteiger partial charge in [-0.1, -0.05) is 117 Å². The van der Waals surface area contributed by atoms with E-state index in [-0.39, 0.29) is 87.4 Å². The summed E-state index contributed by atoms with van der Waals surface area (Å²) in [6.45, 7) is 5.46. The maximum atomic E-state index is 9.89. The molecule has 0 atom stereocenters. The maximum absolute atomic E-state index is 9.89. The number of nitrogens with zero attached hydrogens (tertiary/aromatic N) is 2. The van der Waals surface area contributed by atoms with Crippen LogP contribution in [0.4, 0.5) is 34.1 Å². The fourth-order valence-corrected chi connectivity index (χ4v) is 7.49. The quantitative estimate of drug-likeness (QED) is 0.165. The van der Waals surface area contributed by atoms with E-state index in [9.17, 15) is 8.22 Å². The van der Waals surface area contributed by atoms with Gasteiger partial charge in [0.2, 0.25) is 0 Å². The summed E-state index contributed by atoms with van der Waals surface area (Å²) < 4.78 is 92.5. The van der Waals surface area contributed by atoms with E-state index < -0.39 is 11.5 Å². The van der Waals surface area contributed by atoms with Crippen molar-refractivity contribution in [3.05, 3.63) is 192 Å². The van der Waals surface area contributed by atoms with Gasteiger partial charge in [-0.2, -0.15) is 0 Å². The second-order valence-electron chi connectivity index (χ2n) is 13.0. The number of hydrogen-bond donors (Lipinski definition) is 0. The molecule has 0 fully saturated rings. The van der Waals surface area contributed by atoms with Crippen LogP contribution < -0.4 is 9.80 Å². The second-order valence-corrected chi connectivity index (χ2v) is 13.0. The van der Waals surface area contributed by atoms with Gasteiger partial charge in [-0.3, -0.25) is 0 Å². The molecule has 0 saturated heterocycles. The third-order valence-corrected chi connectivity index (χ3v) is 9.66. The molecule has 0 heterocycles. The molecule has 8 aromatic rings. The first-order valence-corrected chi connectivity index (χ1v) is 16.6. The highest BCUT2D eigenvalue weighted by Gasteiger charge is 2.37. The van der Waals surface area contributed by atoms with Gasteiger partial charge >= 0.3 is 0 Å². The largest absolute Gasteiger partial charge is 0.310 e. The molecule has 50 heavy (non-hydrogen) atoms. The highest BCUT2D eigenvalue weighted by Crippen LogP contribution is 2.52. The number of hydrogen-bond acceptors (Lipinski definition) is 2. The lowest BCUT2D eigenvalue weighted by molar-refractivity contribution is 0.657. The summed E-state index contributed by atoms with van der Waals surface area (Å²) in [6.07, 6.45) is 0. The topological polar surface area (TPSA) is 6.48 Å². The Morgan fingerprint density at radius 3 is 1.66 bits per heavy atom. The van der Waals surface area contributed by atoms with Crippen LogP contribution in [0.5, 0.6) is 0 Å². The number of benzene rings is 8. The molecule has 0 bridgehead atoms. The molecule has 0 unspecified atom stereocenters. The van der Waals surface area contributed by atoms with Crippen molar-refractivity contribution in [2.75, 3.05) is 9.80 Å². The van der Waals surface area contributed by atoms with Gasteiger partial charge in [0.15, 0.2) is 0 Å². The molecule has 1 aliphatic carbocycles. The van der Waals surface area contributed by atoms with Crippen LogP contribution in [0.25, 0.3) is 32.7 Å². The zero-order chi connectivity index (χ0) is 42.5. The van der Waals surface area contributed by atoms with Gasteiger partial charge in [0.05, 0.1) is 13.7 Å². The average Bonchev–Trinajstić information content (AvgIpc) is 3.51. The van der Waals surface area contributed by atoms with Crippen LogP contribution in [-0.2, 0) is 5.41 Å². The molecule has 0 amide bonds. The highest BCUT2D eigenvalue weighted by atomic mass is 15.2. The normalized spacial score (nSPS) is 15.7. The highest BCUT2D eigenvalue weighted by molar-refractivity contribution is 6.12. The van der Waals surface area contributed by atoms with Crippen LogP contribution >= 0.6 is 0 Å². The minimum absolute atomic E-state index is 0.00389. The maximum Gasteiger partial charge on any atom is 0.0651 e. The summed E-state index contributed by atoms with van der Waals surface area (Å²) in [5.41, 5.74) is 4.79. The van der Waals surface area contributed by atoms with Crippen LogP contribution in [0.2, 0.25) is 0 Å². The predicted octanol–water partition coefficient (Wildman–Crippen LogP) is 13.5. The number of fused-ring (bicyclic) bond motifs is 6. The zero-order valence-corrected chi connectivity index (χ0v) is 27.9. The van der Waals surface area contributed by atoms with Gasteiger partial charge in [0, 0.05) is 39.5 Å². The van der Waals surface area contributed by atoms with Crippen molar-refractivity contribution in [3.63, 3.8) is 0 Å². The standard InChI is InChI=1S/C48H38N2/c1-33-46-35(31-44-43-24-13-14-25-45(43)48(2,3)47(33)44)27-26-34-30-41(28-29-42(34)46)50(38-20-11-6-12-21-38)40-23-15-22-39(32-40)49(36-16-7-4-8-17-36)37-18-9-5-10-19-37/h4-32H,1-3H3/i13D,14D,24D,25D,26D,27D,28D,29D,30D,31D. The Labute approximate surface area is 308 Å². The Morgan fingerprint density at radius 1 is 0.500 bits per heavy atom. The van der Waals surface area contributed by atoms with Gasteiger partial charge in [-0.05, 0) is 129 Å². The molecule has 0 radical (unpaired) electrons. The van der Waals surface area contributed by atoms with Crippen LogP contribution in [0.15, 0.2) is 176 Å². The number of anilines is 6. The minimum Gasteiger partial charge on any atom is -0.310 e. The van der Waals surface area contributed by atoms with Crippen molar-refractivity contribution in [2.24, 2.45) is 0 Å². The molecule has 8 aromatic carbocycles. The van der Waals surface area contributed by atoms with Gasteiger partial charge in [0.25, 0.3) is 0 Å². The van der Waals surface area contributed by atoms with E-state index in [1.807, 2.05) is 129 Å². The molecule has 2 nitrogen and oxygen atoms in total. The predicted molar refractivity (Wildman–Crippen MR) is 213 cm³/mol. The molecule has 240 valence electrons. The zero-order valence-electron chi connectivity index (χ0n) is 37.9. The first-order valence-electron chi connectivity index (χ1n) is 21.6. The molecule has 0 aromatic heterocycles. The summed E-state index contributed by atoms with van der Waals surface area (Å²) in [6, 6.07) is 33.9. The fourth-order valence-electron chi connectivity index (χ4n) is 7.49. The Hall–Kier alpha value is -6.12. The Bertz CT molecular complexity index is 3040. The number of rotatable bonds is 6. The van der Waals surface area contributed by atoms with Crippen LogP contribution in [0.1, 0.15) is 44.2 Å². The van der Waals surface area contributed by atoms with Gasteiger partial charge < -0.3 is 9.80 Å². The van der Waals surface area contributed by atoms with Gasteiger partial charge in [0.1, 0.15) is 0 Å². The Kier molecular flexibility index (Phi) is 4.97. The summed E-state index contributed by atoms with van der Waals surface area (Å²) >= 11 is 0. The van der Waals surface area contributed by atoms with Crippen molar-refractivity contribution in [1.82, 2.24) is 0 Å². The molecule has 9 rings (SSSR count). The molecule has 1 aliphatic rings. The van der Waals surface area contributed by atoms with Crippen LogP contribution in [0, 0.1) is 6.92 Å². The lowest BCUT2D eigenvalue weighted by Crippen LogP contribution is -2.16. The Morgan fingerprint density at radius 2 is 1.04 bits per heavy atom. The summed E-state index contributed by atoms with van der Waals surface area (Å²) in [4.78, 5) is 3.86. The van der Waals surface area contributed by atoms with Crippen molar-refractivity contribution >= 4 is 55.7 Å². The van der Waals surface area contributed by atoms with E-state index in [2.05, 4.69) is 4.90 Å². The van der Waals surface area contributed by atoms with E-state index in [1.54, 1.807) is 11.8 Å². The van der Waals surface area contributed by atoms with Crippen molar-refractivity contribution < 1.29 is 13.7 Å². The van der Waals surface area contributed by atoms with Gasteiger partial charge in [-0.15, -0.1) is 0 Å². The fraction of sp³-hybridized carbons (Fsp3) is 0.0833. The molecule has 0 N–H and O–H groups in total. The minimum atomic E-state index is -1.01. The number of para-hydroxylation sites is 3. The summed E-state index contributed by atoms with van der Waals surface area (Å²) in [5.74, 6) is 0. The smallest absolute Gasteiger partial charge is 0.0651 e. The molecule has 0 spiro atoms. The third kappa shape index (κ3) is 4.79. The van der Waals surface area contributed by atoms with Crippen molar-refractivity contribution in [2.45, 2.75) is 26.2 Å². The second kappa shape index (κ2) is 11.8. The van der Waals surface area contributed by atoms with Crippen molar-refractivity contribution in [1.29, 1.82) is 0 Å². The van der Waals surface area contributed by atoms with E-state index in [0.717, 1.165) is 17.1 Å². The number of aryl methyl sites for hydroxylation is 1. The lowest BCUT2D eigenvalue weighted by Gasteiger charge is -2.29. The average molecular weight is 653 g/mol. The first-order chi connectivity index (χ1) is 28.7. The molecular weight excluding hydrogens is 605 g/mol. The molecule has 2 heteroatoms. The first kappa shape index (κ1) is 21.1. The van der Waals surface area contributed by atoms with Crippen molar-refractivity contribution in [3.8, 4) is 11.1 Å². The molecule has 0 saturated carbocycles. The molecular formula is C48H38N2. The SMILES string of the molecule is [2H]c1c([2H])c([2H])c2c(c1[2H])-c1c(c(C)c3c(c1[2H])c([2H])c([2H])c1c([2H])c(N(c4ccccc4)c4cccc(N(c5ccccc5)c5ccccc5)c4)c([2H])c([2H])c13)C2(C)C. The van der Waals surface area contributed by atoms with Crippen LogP contribution in [-0.4, -0.2) is 0 Å². The monoisotopic (exact) mass is 652 g/mol. The molecule has 0 aliphatic heterocycles. The lowest BCUT2D eigenvalue weighted by atomic mass is 9.79. The summed E-state index contributed by atoms with van der Waals surface area (Å²) in [7, 11) is 0. The van der Waals surface area contributed by atoms with Crippen LogP contribution in [0.3, 0.4) is 0 Å². The van der Waals surface area contributed by atoms with E-state index in [0.29, 0.717) is 33.5 Å². The summed E-state index contributed by atoms with van der Waals surface area (Å²) in [5, 5.41) is 0.426.